The van der Waals surface area contributed by atoms with Crippen molar-refractivity contribution >= 4 is 5.91 Å². The van der Waals surface area contributed by atoms with Gasteiger partial charge in [0, 0.05) is 25.2 Å². The van der Waals surface area contributed by atoms with Crippen molar-refractivity contribution in [3.05, 3.63) is 35.4 Å². The van der Waals surface area contributed by atoms with E-state index in [-0.39, 0.29) is 24.8 Å². The number of nitrogens with one attached hydrogen (secondary N) is 2. The third kappa shape index (κ3) is 4.47. The van der Waals surface area contributed by atoms with Gasteiger partial charge in [-0.15, -0.1) is 0 Å². The van der Waals surface area contributed by atoms with Crippen LogP contribution in [0.4, 0.5) is 13.2 Å². The van der Waals surface area contributed by atoms with Gasteiger partial charge in [-0.2, -0.15) is 13.2 Å². The van der Waals surface area contributed by atoms with Gasteiger partial charge in [0.2, 0.25) is 0 Å². The van der Waals surface area contributed by atoms with Crippen LogP contribution in [0.5, 0.6) is 0 Å². The molecule has 0 radical (unpaired) electrons. The topological polar surface area (TPSA) is 41.1 Å². The van der Waals surface area contributed by atoms with Crippen molar-refractivity contribution < 1.29 is 18.0 Å². The minimum absolute atomic E-state index is 0.121. The van der Waals surface area contributed by atoms with Gasteiger partial charge < -0.3 is 10.6 Å². The lowest BCUT2D eigenvalue weighted by atomic mass is 9.85. The van der Waals surface area contributed by atoms with Crippen LogP contribution in [0.25, 0.3) is 0 Å². The zero-order valence-electron chi connectivity index (χ0n) is 12.5. The molecule has 0 bridgehead atoms. The lowest BCUT2D eigenvalue weighted by Crippen LogP contribution is -2.38. The summed E-state index contributed by atoms with van der Waals surface area (Å²) >= 11 is 0. The van der Waals surface area contributed by atoms with Crippen molar-refractivity contribution in [2.24, 2.45) is 5.92 Å². The maximum absolute atomic E-state index is 12.8. The molecular weight excluding hydrogens is 293 g/mol. The number of amides is 1. The van der Waals surface area contributed by atoms with Gasteiger partial charge in [-0.3, -0.25) is 4.79 Å². The second-order valence-corrected chi connectivity index (χ2v) is 5.76. The van der Waals surface area contributed by atoms with Crippen LogP contribution < -0.4 is 10.6 Å². The molecule has 0 spiro atoms. The molecule has 1 fully saturated rings. The summed E-state index contributed by atoms with van der Waals surface area (Å²) < 4.78 is 38.4. The van der Waals surface area contributed by atoms with Crippen LogP contribution in [0.2, 0.25) is 0 Å². The Bertz CT molecular complexity index is 516. The number of rotatable bonds is 4. The van der Waals surface area contributed by atoms with Crippen LogP contribution in [-0.2, 0) is 6.54 Å². The van der Waals surface area contributed by atoms with Gasteiger partial charge in [-0.05, 0) is 37.0 Å². The molecule has 0 saturated heterocycles. The van der Waals surface area contributed by atoms with Gasteiger partial charge in [0.25, 0.3) is 5.91 Å². The van der Waals surface area contributed by atoms with Gasteiger partial charge in [0.05, 0.1) is 5.92 Å². The van der Waals surface area contributed by atoms with E-state index in [0.717, 1.165) is 12.0 Å². The molecule has 0 aromatic heterocycles. The predicted octanol–water partition coefficient (Wildman–Crippen LogP) is 3.26. The first-order chi connectivity index (χ1) is 10.4. The normalized spacial score (nSPS) is 22.4. The van der Waals surface area contributed by atoms with Crippen molar-refractivity contribution in [2.45, 2.75) is 44.4 Å². The maximum Gasteiger partial charge on any atom is 0.391 e. The first-order valence-electron chi connectivity index (χ1n) is 7.51. The Hall–Kier alpha value is -1.56. The number of halogens is 3. The van der Waals surface area contributed by atoms with E-state index in [1.54, 1.807) is 25.2 Å². The van der Waals surface area contributed by atoms with Crippen LogP contribution >= 0.6 is 0 Å². The minimum atomic E-state index is -4.10. The SMILES string of the molecule is CNC(=O)c1cccc(CN[C@H]2CCC[C@@H](C(F)(F)F)C2)c1. The molecule has 0 heterocycles. The fourth-order valence-electron chi connectivity index (χ4n) is 2.90. The van der Waals surface area contributed by atoms with Gasteiger partial charge in [-0.1, -0.05) is 18.6 Å². The summed E-state index contributed by atoms with van der Waals surface area (Å²) in [6.45, 7) is 0.472. The van der Waals surface area contributed by atoms with Crippen molar-refractivity contribution in [3.8, 4) is 0 Å². The zero-order chi connectivity index (χ0) is 16.2. The third-order valence-electron chi connectivity index (χ3n) is 4.15. The summed E-state index contributed by atoms with van der Waals surface area (Å²) in [5.74, 6) is -1.37. The molecule has 3 nitrogen and oxygen atoms in total. The summed E-state index contributed by atoms with van der Waals surface area (Å²) in [6, 6.07) is 6.99. The van der Waals surface area contributed by atoms with Crippen LogP contribution in [0.1, 0.15) is 41.6 Å². The standard InChI is InChI=1S/C16H21F3N2O/c1-20-15(22)12-5-2-4-11(8-12)10-21-14-7-3-6-13(9-14)16(17,18)19/h2,4-5,8,13-14,21H,3,6-7,9-10H2,1H3,(H,20,22)/t13-,14+/m1/s1. The van der Waals surface area contributed by atoms with Crippen molar-refractivity contribution in [1.29, 1.82) is 0 Å². The van der Waals surface area contributed by atoms with Gasteiger partial charge in [0.15, 0.2) is 0 Å². The number of carbonyl (C=O) groups is 1. The molecule has 0 aliphatic heterocycles. The Morgan fingerprint density at radius 3 is 2.77 bits per heavy atom. The molecule has 22 heavy (non-hydrogen) atoms. The second-order valence-electron chi connectivity index (χ2n) is 5.76. The van der Waals surface area contributed by atoms with Crippen molar-refractivity contribution in [2.75, 3.05) is 7.05 Å². The zero-order valence-corrected chi connectivity index (χ0v) is 12.5. The van der Waals surface area contributed by atoms with Crippen LogP contribution in [0, 0.1) is 5.92 Å². The first kappa shape index (κ1) is 16.8. The summed E-state index contributed by atoms with van der Waals surface area (Å²) in [5, 5.41) is 5.74. The van der Waals surface area contributed by atoms with E-state index in [2.05, 4.69) is 10.6 Å². The average Bonchev–Trinajstić information content (AvgIpc) is 2.52. The number of hydrogen-bond acceptors (Lipinski definition) is 2. The molecule has 1 aromatic carbocycles. The molecule has 6 heteroatoms. The largest absolute Gasteiger partial charge is 0.391 e. The van der Waals surface area contributed by atoms with E-state index in [1.807, 2.05) is 6.07 Å². The maximum atomic E-state index is 12.8. The first-order valence-corrected chi connectivity index (χ1v) is 7.51. The molecule has 122 valence electrons. The molecule has 2 N–H and O–H groups in total. The van der Waals surface area contributed by atoms with Crippen molar-refractivity contribution in [1.82, 2.24) is 10.6 Å². The predicted molar refractivity (Wildman–Crippen MR) is 78.5 cm³/mol. The third-order valence-corrected chi connectivity index (χ3v) is 4.15. The van der Waals surface area contributed by atoms with Gasteiger partial charge in [0.1, 0.15) is 0 Å². The Labute approximate surface area is 128 Å². The second kappa shape index (κ2) is 7.13. The van der Waals surface area contributed by atoms with E-state index in [9.17, 15) is 18.0 Å². The van der Waals surface area contributed by atoms with Gasteiger partial charge in [-0.25, -0.2) is 0 Å². The smallest absolute Gasteiger partial charge is 0.355 e. The highest BCUT2D eigenvalue weighted by Crippen LogP contribution is 2.37. The molecule has 1 aromatic rings. The highest BCUT2D eigenvalue weighted by atomic mass is 19.4. The molecule has 1 aliphatic carbocycles. The molecule has 2 atom stereocenters. The molecule has 1 aliphatic rings. The average molecular weight is 314 g/mol. The van der Waals surface area contributed by atoms with Crippen molar-refractivity contribution in [3.63, 3.8) is 0 Å². The van der Waals surface area contributed by atoms with Crippen LogP contribution in [0.3, 0.4) is 0 Å². The van der Waals surface area contributed by atoms with Crippen LogP contribution in [-0.4, -0.2) is 25.2 Å². The Balaban J connectivity index is 1.91. The van der Waals surface area contributed by atoms with Crippen LogP contribution in [0.15, 0.2) is 24.3 Å². The molecule has 0 unspecified atom stereocenters. The monoisotopic (exact) mass is 314 g/mol. The fourth-order valence-corrected chi connectivity index (χ4v) is 2.90. The summed E-state index contributed by atoms with van der Waals surface area (Å²) in [5.41, 5.74) is 1.45. The summed E-state index contributed by atoms with van der Waals surface area (Å²) in [6.07, 6.45) is -2.37. The highest BCUT2D eigenvalue weighted by molar-refractivity contribution is 5.94. The number of benzene rings is 1. The lowest BCUT2D eigenvalue weighted by Gasteiger charge is -2.31. The lowest BCUT2D eigenvalue weighted by molar-refractivity contribution is -0.183. The number of hydrogen-bond donors (Lipinski definition) is 2. The highest BCUT2D eigenvalue weighted by Gasteiger charge is 2.41. The Kier molecular flexibility index (Phi) is 5.45. The molecular formula is C16H21F3N2O. The van der Waals surface area contributed by atoms with E-state index in [4.69, 9.17) is 0 Å². The minimum Gasteiger partial charge on any atom is -0.355 e. The number of alkyl halides is 3. The fraction of sp³-hybridized carbons (Fsp3) is 0.562. The summed E-state index contributed by atoms with van der Waals surface area (Å²) in [4.78, 5) is 11.6. The van der Waals surface area contributed by atoms with E-state index < -0.39 is 12.1 Å². The van der Waals surface area contributed by atoms with E-state index in [1.165, 1.54) is 0 Å². The Morgan fingerprint density at radius 2 is 2.09 bits per heavy atom. The number of carbonyl (C=O) groups excluding carboxylic acids is 1. The molecule has 1 saturated carbocycles. The van der Waals surface area contributed by atoms with E-state index in [0.29, 0.717) is 18.5 Å². The van der Waals surface area contributed by atoms with Gasteiger partial charge >= 0.3 is 6.18 Å². The Morgan fingerprint density at radius 1 is 1.32 bits per heavy atom. The quantitative estimate of drug-likeness (QED) is 0.895. The van der Waals surface area contributed by atoms with E-state index >= 15 is 0 Å². The molecule has 2 rings (SSSR count). The molecule has 1 amide bonds. The summed E-state index contributed by atoms with van der Waals surface area (Å²) in [7, 11) is 1.56.